The Bertz CT molecular complexity index is 3240. The van der Waals surface area contributed by atoms with Crippen molar-refractivity contribution in [2.24, 2.45) is 23.9 Å². The lowest BCUT2D eigenvalue weighted by atomic mass is 9.99. The summed E-state index contributed by atoms with van der Waals surface area (Å²) in [6.45, 7) is 16.9. The van der Waals surface area contributed by atoms with Crippen LogP contribution >= 0.6 is 12.2 Å². The maximum absolute atomic E-state index is 14.1. The van der Waals surface area contributed by atoms with E-state index in [1.165, 1.54) is 12.1 Å². The molecule has 2 aliphatic heterocycles. The van der Waals surface area contributed by atoms with Crippen LogP contribution in [-0.2, 0) is 16.6 Å². The van der Waals surface area contributed by atoms with E-state index in [9.17, 15) is 18.4 Å². The van der Waals surface area contributed by atoms with Crippen molar-refractivity contribution in [3.05, 3.63) is 132 Å². The van der Waals surface area contributed by atoms with Gasteiger partial charge in [-0.15, -0.1) is 0 Å². The zero-order valence-electron chi connectivity index (χ0n) is 46.3. The van der Waals surface area contributed by atoms with Crippen LogP contribution in [-0.4, -0.2) is 92.6 Å². The minimum Gasteiger partial charge on any atom is -0.457 e. The number of nitrogens with one attached hydrogen (secondary N) is 4. The summed E-state index contributed by atoms with van der Waals surface area (Å²) in [6.07, 6.45) is 7.76. The van der Waals surface area contributed by atoms with Crippen LogP contribution in [0.5, 0.6) is 23.0 Å². The molecule has 4 aromatic carbocycles. The first-order valence-electron chi connectivity index (χ1n) is 26.7. The number of halogens is 2. The number of thiocarbonyl (C=S) groups is 1. The lowest BCUT2D eigenvalue weighted by molar-refractivity contribution is -0.118. The smallest absolute Gasteiger partial charge is 0.239 e. The Balaban J connectivity index is 0.000000194. The number of fused-ring (bicyclic) bond motifs is 1. The normalized spacial score (nSPS) is 14.1. The van der Waals surface area contributed by atoms with E-state index in [0.29, 0.717) is 76.2 Å². The van der Waals surface area contributed by atoms with Gasteiger partial charge < -0.3 is 41.0 Å². The zero-order chi connectivity index (χ0) is 56.6. The Morgan fingerprint density at radius 2 is 1.22 bits per heavy atom. The first-order chi connectivity index (χ1) is 37.9. The number of nitrogens with two attached hydrogens (primary N) is 1. The molecule has 2 saturated heterocycles. The largest absolute Gasteiger partial charge is 0.457 e. The van der Waals surface area contributed by atoms with E-state index in [4.69, 9.17) is 20.2 Å². The number of aryl methyl sites for hydroxylation is 1. The molecule has 0 bridgehead atoms. The summed E-state index contributed by atoms with van der Waals surface area (Å²) in [5.41, 5.74) is 11.8. The van der Waals surface area contributed by atoms with E-state index in [2.05, 4.69) is 77.3 Å². The van der Waals surface area contributed by atoms with Gasteiger partial charge in [-0.25, -0.2) is 23.7 Å². The van der Waals surface area contributed by atoms with Crippen molar-refractivity contribution in [2.75, 3.05) is 73.3 Å². The minimum absolute atomic E-state index is 0.0585. The number of imidazole rings is 1. The van der Waals surface area contributed by atoms with Gasteiger partial charge in [-0.1, -0.05) is 41.5 Å². The Kier molecular flexibility index (Phi) is 21.0. The number of aliphatic imine (C=N–C) groups is 1. The van der Waals surface area contributed by atoms with Gasteiger partial charge in [0.05, 0.1) is 46.3 Å². The number of aromatic nitrogens is 4. The number of piperidine rings is 2. The van der Waals surface area contributed by atoms with Gasteiger partial charge in [-0.2, -0.15) is 4.99 Å². The second-order valence-electron chi connectivity index (χ2n) is 20.7. The van der Waals surface area contributed by atoms with Gasteiger partial charge in [0.2, 0.25) is 17.8 Å². The number of isothiocyanates is 1. The summed E-state index contributed by atoms with van der Waals surface area (Å²) in [4.78, 5) is 46.2. The molecule has 0 aliphatic carbocycles. The maximum Gasteiger partial charge on any atom is 0.239 e. The minimum atomic E-state index is -0.210. The van der Waals surface area contributed by atoms with Crippen molar-refractivity contribution in [1.82, 2.24) is 29.3 Å². The molecule has 2 amide bonds. The molecule has 7 aromatic rings. The predicted molar refractivity (Wildman–Crippen MR) is 316 cm³/mol. The molecule has 0 unspecified atom stereocenters. The number of carbonyl (C=O) groups is 2. The number of rotatable bonds is 16. The number of hydrogen-bond acceptors (Lipinski definition) is 14. The Morgan fingerprint density at radius 1 is 0.709 bits per heavy atom. The molecule has 6 N–H and O–H groups in total. The highest BCUT2D eigenvalue weighted by Gasteiger charge is 2.20. The second-order valence-corrected chi connectivity index (χ2v) is 20.9. The van der Waals surface area contributed by atoms with Crippen LogP contribution < -0.4 is 36.5 Å². The molecule has 19 heteroatoms. The molecule has 0 spiro atoms. The highest BCUT2D eigenvalue weighted by molar-refractivity contribution is 7.78. The average molecular weight is 1100 g/mol. The lowest BCUT2D eigenvalue weighted by Crippen LogP contribution is -2.38. The first-order valence-corrected chi connectivity index (χ1v) is 27.1. The average Bonchev–Trinajstić information content (AvgIpc) is 3.84. The van der Waals surface area contributed by atoms with Crippen LogP contribution in [0.1, 0.15) is 90.2 Å². The van der Waals surface area contributed by atoms with Gasteiger partial charge in [0.1, 0.15) is 46.3 Å². The van der Waals surface area contributed by atoms with Crippen LogP contribution in [0, 0.1) is 23.5 Å². The number of hydrogen-bond donors (Lipinski definition) is 5. The fourth-order valence-corrected chi connectivity index (χ4v) is 9.15. The fourth-order valence-electron chi connectivity index (χ4n) is 9.05. The monoisotopic (exact) mass is 1090 g/mol. The number of amides is 2. The number of carbonyl (C=O) groups excluding carboxylic acids is 2. The number of nitrogen functional groups attached to an aromatic ring is 1. The van der Waals surface area contributed by atoms with E-state index >= 15 is 0 Å². The van der Waals surface area contributed by atoms with Crippen molar-refractivity contribution in [1.29, 1.82) is 0 Å². The zero-order valence-corrected chi connectivity index (χ0v) is 47.1. The molecule has 0 radical (unpaired) electrons. The summed E-state index contributed by atoms with van der Waals surface area (Å²) in [5.74, 6) is 5.11. The maximum atomic E-state index is 14.1. The summed E-state index contributed by atoms with van der Waals surface area (Å²) in [7, 11) is 3.74. The molecule has 2 aliphatic rings. The summed E-state index contributed by atoms with van der Waals surface area (Å²) >= 11 is 4.47. The summed E-state index contributed by atoms with van der Waals surface area (Å²) in [6, 6.07) is 27.7. The van der Waals surface area contributed by atoms with Crippen molar-refractivity contribution >= 4 is 80.6 Å². The Hall–Kier alpha value is -7.83. The third-order valence-electron chi connectivity index (χ3n) is 13.8. The van der Waals surface area contributed by atoms with Crippen molar-refractivity contribution in [2.45, 2.75) is 79.1 Å². The van der Waals surface area contributed by atoms with Crippen molar-refractivity contribution in [3.8, 4) is 23.0 Å². The SMILES string of the molecule is CC(C)c1cc(N=C=S)ccc1F.CC1CCN(CC(=O)Nc2cc(Oc3ccc4c(c3)nc(Nc3ccc(F)c(C(C)C)c3)n4C)ccn2)CC1.CNc1ccc(Oc2ccnc(NC(=O)CN3CCC(C)CC3)c2)cc1N. The molecular formula is C60H72F2N12O4S. The molecule has 3 aromatic heterocycles. The topological polar surface area (TPSA) is 189 Å². The van der Waals surface area contributed by atoms with Gasteiger partial charge in [0.25, 0.3) is 0 Å². The van der Waals surface area contributed by atoms with E-state index in [-0.39, 0.29) is 35.3 Å². The van der Waals surface area contributed by atoms with Gasteiger partial charge in [-0.05, 0) is 172 Å². The highest BCUT2D eigenvalue weighted by Crippen LogP contribution is 2.32. The van der Waals surface area contributed by atoms with E-state index in [1.807, 2.05) is 82.8 Å². The molecule has 79 heavy (non-hydrogen) atoms. The Morgan fingerprint density at radius 3 is 1.73 bits per heavy atom. The first kappa shape index (κ1) is 58.8. The standard InChI is InChI=1S/C30H35FN6O2.C20H27N5O2.C10H10FNS/c1-19(2)24-15-21(5-7-25(24)31)33-30-34-26-16-22(6-8-27(26)36(30)4)39-23-9-12-32-28(17-23)35-29(38)18-37-13-10-20(3)11-14-37;1-14-6-9-25(10-7-14)13-20(26)24-19-12-16(5-8-23-19)27-15-3-4-18(22-2)17(21)11-15;1-7(2)9-5-8(12-6-13)3-4-10(9)11/h5-9,12,15-17,19-20H,10-11,13-14,18H2,1-4H3,(H,33,34)(H,32,35,38);3-5,8,11-12,14,22H,6-7,9-10,13,21H2,1-2H3,(H,23,24,26);3-5,7H,1-2H3. The van der Waals surface area contributed by atoms with Crippen LogP contribution in [0.2, 0.25) is 0 Å². The van der Waals surface area contributed by atoms with Gasteiger partial charge in [0, 0.05) is 56.4 Å². The summed E-state index contributed by atoms with van der Waals surface area (Å²) in [5, 5.41) is 14.3. The number of pyridine rings is 2. The number of benzene rings is 4. The number of ether oxygens (including phenoxy) is 2. The van der Waals surface area contributed by atoms with Crippen LogP contribution in [0.3, 0.4) is 0 Å². The molecule has 2 fully saturated rings. The quantitative estimate of drug-likeness (QED) is 0.0350. The van der Waals surface area contributed by atoms with Gasteiger partial charge >= 0.3 is 0 Å². The second kappa shape index (κ2) is 28.2. The predicted octanol–water partition coefficient (Wildman–Crippen LogP) is 13.3. The van der Waals surface area contributed by atoms with Crippen LogP contribution in [0.15, 0.2) is 114 Å². The Labute approximate surface area is 467 Å². The third-order valence-corrected chi connectivity index (χ3v) is 13.8. The van der Waals surface area contributed by atoms with Crippen molar-refractivity contribution < 1.29 is 27.8 Å². The fraction of sp³-hybridized carbons (Fsp3) is 0.367. The van der Waals surface area contributed by atoms with E-state index in [1.54, 1.807) is 60.9 Å². The molecule has 416 valence electrons. The number of likely N-dealkylation sites (tertiary alicyclic amines) is 2. The van der Waals surface area contributed by atoms with Crippen LogP contribution in [0.25, 0.3) is 11.0 Å². The van der Waals surface area contributed by atoms with E-state index < -0.39 is 0 Å². The molecule has 0 atom stereocenters. The molecular weight excluding hydrogens is 1020 g/mol. The third kappa shape index (κ3) is 17.3. The number of anilines is 6. The van der Waals surface area contributed by atoms with Gasteiger partial charge in [0.15, 0.2) is 0 Å². The molecule has 9 rings (SSSR count). The summed E-state index contributed by atoms with van der Waals surface area (Å²) < 4.78 is 41.2. The number of nitrogens with zero attached hydrogens (tertiary/aromatic N) is 7. The highest BCUT2D eigenvalue weighted by atomic mass is 32.1. The van der Waals surface area contributed by atoms with E-state index in [0.717, 1.165) is 86.1 Å². The molecule has 5 heterocycles. The molecule has 0 saturated carbocycles. The lowest BCUT2D eigenvalue weighted by Gasteiger charge is -2.29. The van der Waals surface area contributed by atoms with Gasteiger partial charge in [-0.3, -0.25) is 19.4 Å². The van der Waals surface area contributed by atoms with Crippen LogP contribution in [0.4, 0.5) is 49.1 Å². The van der Waals surface area contributed by atoms with Crippen molar-refractivity contribution in [3.63, 3.8) is 0 Å². The molecule has 16 nitrogen and oxygen atoms in total.